The molecule has 1 aromatic carbocycles. The zero-order chi connectivity index (χ0) is 19.5. The Morgan fingerprint density at radius 2 is 1.86 bits per heavy atom. The molecule has 0 aliphatic heterocycles. The van der Waals surface area contributed by atoms with E-state index in [2.05, 4.69) is 10.2 Å². The number of carbonyl (C=O) groups excluding carboxylic acids is 1. The Labute approximate surface area is 168 Å². The van der Waals surface area contributed by atoms with Gasteiger partial charge in [0.15, 0.2) is 5.75 Å². The van der Waals surface area contributed by atoms with E-state index in [1.807, 2.05) is 47.9 Å². The summed E-state index contributed by atoms with van der Waals surface area (Å²) in [4.78, 5) is 12.2. The van der Waals surface area contributed by atoms with Crippen molar-refractivity contribution in [1.82, 2.24) is 14.6 Å². The second kappa shape index (κ2) is 6.05. The molecule has 0 amide bonds. The molecule has 3 aromatic rings. The van der Waals surface area contributed by atoms with E-state index >= 15 is 0 Å². The summed E-state index contributed by atoms with van der Waals surface area (Å²) in [5.74, 6) is 2.63. The van der Waals surface area contributed by atoms with Gasteiger partial charge in [-0.1, -0.05) is 17.7 Å². The van der Waals surface area contributed by atoms with Gasteiger partial charge >= 0.3 is 0 Å². The summed E-state index contributed by atoms with van der Waals surface area (Å²) in [5, 5.41) is 9.71. The number of halogens is 1. The monoisotopic (exact) mass is 395 g/mol. The number of ketones is 1. The number of aromatic nitrogens is 3. The van der Waals surface area contributed by atoms with E-state index in [0.29, 0.717) is 28.0 Å². The SMILES string of the molecule is CC(=O)C12CCC(c3nnc4c(Oc5cccc(Cl)c5C)cccn34)(CC1)C2. The Kier molecular flexibility index (Phi) is 3.82. The average Bonchev–Trinajstić information content (AvgIpc) is 3.38. The van der Waals surface area contributed by atoms with Crippen molar-refractivity contribution in [3.05, 3.63) is 52.9 Å². The molecule has 0 atom stereocenters. The molecular formula is C22H22ClN3O2. The molecule has 2 aliphatic carbocycles. The topological polar surface area (TPSA) is 56.5 Å². The fraction of sp³-hybridized carbons (Fsp3) is 0.409. The van der Waals surface area contributed by atoms with Crippen LogP contribution in [0.3, 0.4) is 0 Å². The number of ether oxygens (including phenoxy) is 1. The van der Waals surface area contributed by atoms with Crippen molar-refractivity contribution in [2.45, 2.75) is 51.4 Å². The fourth-order valence-corrected chi connectivity index (χ4v) is 5.30. The highest BCUT2D eigenvalue weighted by molar-refractivity contribution is 6.31. The Balaban J connectivity index is 1.55. The van der Waals surface area contributed by atoms with Gasteiger partial charge in [-0.15, -0.1) is 10.2 Å². The van der Waals surface area contributed by atoms with Gasteiger partial charge in [-0.25, -0.2) is 0 Å². The number of hydrogen-bond donors (Lipinski definition) is 0. The van der Waals surface area contributed by atoms with Crippen LogP contribution in [-0.2, 0) is 10.2 Å². The number of fused-ring (bicyclic) bond motifs is 3. The highest BCUT2D eigenvalue weighted by atomic mass is 35.5. The van der Waals surface area contributed by atoms with E-state index in [0.717, 1.165) is 43.5 Å². The van der Waals surface area contributed by atoms with Crippen molar-refractivity contribution >= 4 is 23.0 Å². The maximum atomic E-state index is 12.2. The van der Waals surface area contributed by atoms with Crippen molar-refractivity contribution in [2.75, 3.05) is 0 Å². The third-order valence-corrected chi connectivity index (χ3v) is 7.31. The third kappa shape index (κ3) is 2.42. The van der Waals surface area contributed by atoms with Gasteiger partial charge in [0.2, 0.25) is 5.65 Å². The van der Waals surface area contributed by atoms with Crippen molar-refractivity contribution < 1.29 is 9.53 Å². The molecule has 0 radical (unpaired) electrons. The maximum absolute atomic E-state index is 12.2. The van der Waals surface area contributed by atoms with Gasteiger partial charge in [0.05, 0.1) is 0 Å². The molecule has 2 aromatic heterocycles. The second-order valence-electron chi connectivity index (χ2n) is 8.35. The van der Waals surface area contributed by atoms with Gasteiger partial charge < -0.3 is 4.74 Å². The van der Waals surface area contributed by atoms with E-state index in [-0.39, 0.29) is 10.8 Å². The van der Waals surface area contributed by atoms with Gasteiger partial charge in [0.1, 0.15) is 17.4 Å². The van der Waals surface area contributed by atoms with Gasteiger partial charge in [0, 0.05) is 27.6 Å². The fourth-order valence-electron chi connectivity index (χ4n) is 5.14. The first-order valence-electron chi connectivity index (χ1n) is 9.72. The predicted octanol–water partition coefficient (Wildman–Crippen LogP) is 5.27. The zero-order valence-corrected chi connectivity index (χ0v) is 16.8. The quantitative estimate of drug-likeness (QED) is 0.603. The van der Waals surface area contributed by atoms with E-state index in [4.69, 9.17) is 16.3 Å². The summed E-state index contributed by atoms with van der Waals surface area (Å²) in [6, 6.07) is 9.47. The predicted molar refractivity (Wildman–Crippen MR) is 107 cm³/mol. The van der Waals surface area contributed by atoms with Crippen LogP contribution in [0.5, 0.6) is 11.5 Å². The lowest BCUT2D eigenvalue weighted by molar-refractivity contribution is -0.126. The normalized spacial score (nSPS) is 26.1. The Bertz CT molecular complexity index is 1100. The maximum Gasteiger partial charge on any atom is 0.203 e. The summed E-state index contributed by atoms with van der Waals surface area (Å²) in [6.07, 6.45) is 6.76. The van der Waals surface area contributed by atoms with Gasteiger partial charge in [-0.05, 0) is 70.2 Å². The lowest BCUT2D eigenvalue weighted by atomic mass is 9.80. The summed E-state index contributed by atoms with van der Waals surface area (Å²) in [7, 11) is 0. The lowest BCUT2D eigenvalue weighted by Gasteiger charge is -2.25. The highest BCUT2D eigenvalue weighted by Gasteiger charge is 2.59. The molecule has 2 aliphatic rings. The molecule has 144 valence electrons. The minimum Gasteiger partial charge on any atom is -0.453 e. The number of pyridine rings is 1. The van der Waals surface area contributed by atoms with Gasteiger partial charge in [-0.2, -0.15) is 0 Å². The molecular weight excluding hydrogens is 374 g/mol. The van der Waals surface area contributed by atoms with Crippen molar-refractivity contribution in [1.29, 1.82) is 0 Å². The molecule has 2 fully saturated rings. The van der Waals surface area contributed by atoms with Gasteiger partial charge in [0.25, 0.3) is 0 Å². The Hall–Kier alpha value is -2.40. The van der Waals surface area contributed by atoms with Crippen molar-refractivity contribution in [3.8, 4) is 11.5 Å². The van der Waals surface area contributed by atoms with Crippen LogP contribution >= 0.6 is 11.6 Å². The van der Waals surface area contributed by atoms with Crippen LogP contribution < -0.4 is 4.74 Å². The Morgan fingerprint density at radius 3 is 2.57 bits per heavy atom. The minimum absolute atomic E-state index is 0.0598. The molecule has 0 N–H and O–H groups in total. The molecule has 5 nitrogen and oxygen atoms in total. The second-order valence-corrected chi connectivity index (χ2v) is 8.76. The average molecular weight is 396 g/mol. The molecule has 2 saturated carbocycles. The molecule has 0 saturated heterocycles. The Morgan fingerprint density at radius 1 is 1.11 bits per heavy atom. The van der Waals surface area contributed by atoms with Crippen LogP contribution in [0.1, 0.15) is 50.4 Å². The molecule has 0 spiro atoms. The zero-order valence-electron chi connectivity index (χ0n) is 16.0. The van der Waals surface area contributed by atoms with Crippen LogP contribution in [0.15, 0.2) is 36.5 Å². The number of benzene rings is 1. The van der Waals surface area contributed by atoms with E-state index in [1.54, 1.807) is 6.92 Å². The lowest BCUT2D eigenvalue weighted by Crippen LogP contribution is -2.23. The first kappa shape index (κ1) is 17.7. The molecule has 6 heteroatoms. The van der Waals surface area contributed by atoms with Crippen molar-refractivity contribution in [3.63, 3.8) is 0 Å². The van der Waals surface area contributed by atoms with E-state index in [9.17, 15) is 4.79 Å². The first-order valence-corrected chi connectivity index (χ1v) is 10.1. The van der Waals surface area contributed by atoms with Crippen molar-refractivity contribution in [2.24, 2.45) is 5.41 Å². The summed E-state index contributed by atoms with van der Waals surface area (Å²) < 4.78 is 8.19. The number of rotatable bonds is 4. The molecule has 28 heavy (non-hydrogen) atoms. The number of hydrogen-bond acceptors (Lipinski definition) is 4. The van der Waals surface area contributed by atoms with E-state index in [1.165, 1.54) is 0 Å². The van der Waals surface area contributed by atoms with Crippen LogP contribution in [0.2, 0.25) is 5.02 Å². The van der Waals surface area contributed by atoms with Crippen LogP contribution in [0.4, 0.5) is 0 Å². The number of carbonyl (C=O) groups is 1. The summed E-state index contributed by atoms with van der Waals surface area (Å²) >= 11 is 6.23. The van der Waals surface area contributed by atoms with Crippen LogP contribution in [0, 0.1) is 12.3 Å². The smallest absolute Gasteiger partial charge is 0.203 e. The molecule has 5 rings (SSSR count). The van der Waals surface area contributed by atoms with Gasteiger partial charge in [-0.3, -0.25) is 9.20 Å². The third-order valence-electron chi connectivity index (χ3n) is 6.90. The summed E-state index contributed by atoms with van der Waals surface area (Å²) in [5.41, 5.74) is 1.37. The summed E-state index contributed by atoms with van der Waals surface area (Å²) in [6.45, 7) is 3.67. The highest BCUT2D eigenvalue weighted by Crippen LogP contribution is 2.62. The first-order chi connectivity index (χ1) is 13.4. The minimum atomic E-state index is -0.155. The van der Waals surface area contributed by atoms with Crippen LogP contribution in [0.25, 0.3) is 5.65 Å². The molecule has 2 bridgehead atoms. The van der Waals surface area contributed by atoms with Crippen LogP contribution in [-0.4, -0.2) is 20.4 Å². The molecule has 2 heterocycles. The number of Topliss-reactive ketones (excluding diaryl/α,β-unsaturated/α-hetero) is 1. The standard InChI is InChI=1S/C22H22ClN3O2/c1-14-16(23)5-3-6-17(14)28-18-7-4-12-26-19(18)24-25-20(26)22-10-8-21(13-22,9-11-22)15(2)27/h3-7,12H,8-11,13H2,1-2H3. The van der Waals surface area contributed by atoms with E-state index < -0.39 is 0 Å². The largest absolute Gasteiger partial charge is 0.453 e. The molecule has 0 unspecified atom stereocenters. The number of nitrogens with zero attached hydrogens (tertiary/aromatic N) is 3.